The lowest BCUT2D eigenvalue weighted by molar-refractivity contribution is -0.165. The molecule has 1 aliphatic rings. The summed E-state index contributed by atoms with van der Waals surface area (Å²) in [7, 11) is 0. The highest BCUT2D eigenvalue weighted by atomic mass is 16.6. The summed E-state index contributed by atoms with van der Waals surface area (Å²) in [6.07, 6.45) is 0. The minimum absolute atomic E-state index is 0.0694. The second-order valence-corrected chi connectivity index (χ2v) is 4.06. The Morgan fingerprint density at radius 3 is 1.47 bits per heavy atom. The summed E-state index contributed by atoms with van der Waals surface area (Å²) in [4.78, 5) is 22.6. The number of cyclic esters (lactones) is 2. The zero-order chi connectivity index (χ0) is 14.8. The third kappa shape index (κ3) is 6.44. The van der Waals surface area contributed by atoms with Gasteiger partial charge in [0.05, 0.1) is 19.8 Å². The molecule has 0 bridgehead atoms. The van der Waals surface area contributed by atoms with E-state index in [1.165, 1.54) is 0 Å². The van der Waals surface area contributed by atoms with Crippen molar-refractivity contribution in [2.24, 2.45) is 0 Å². The van der Waals surface area contributed by atoms with Crippen molar-refractivity contribution in [2.75, 3.05) is 39.5 Å². The molecule has 1 saturated heterocycles. The standard InChI is InChI=1S/C6H15NO3.C6H6O3/c8-4-1-7(2-5-9)3-6-10;1-3(2)4-5(7)9-6(4)8/h8-10H,1-6H2;1-2H3. The second kappa shape index (κ2) is 9.62. The number of carbonyl (C=O) groups is 2. The van der Waals surface area contributed by atoms with Gasteiger partial charge in [0.15, 0.2) is 0 Å². The lowest BCUT2D eigenvalue weighted by Crippen LogP contribution is -2.32. The van der Waals surface area contributed by atoms with Crippen molar-refractivity contribution in [1.82, 2.24) is 4.90 Å². The number of hydrogen-bond acceptors (Lipinski definition) is 7. The third-order valence-corrected chi connectivity index (χ3v) is 2.34. The van der Waals surface area contributed by atoms with E-state index in [1.54, 1.807) is 18.7 Å². The van der Waals surface area contributed by atoms with Crippen molar-refractivity contribution in [2.45, 2.75) is 13.8 Å². The molecular weight excluding hydrogens is 254 g/mol. The van der Waals surface area contributed by atoms with Crippen LogP contribution in [0.4, 0.5) is 0 Å². The van der Waals surface area contributed by atoms with Crippen molar-refractivity contribution >= 4 is 11.9 Å². The topological polar surface area (TPSA) is 107 Å². The van der Waals surface area contributed by atoms with E-state index in [0.29, 0.717) is 19.6 Å². The van der Waals surface area contributed by atoms with Crippen molar-refractivity contribution in [3.05, 3.63) is 11.1 Å². The van der Waals surface area contributed by atoms with E-state index in [0.717, 1.165) is 5.57 Å². The van der Waals surface area contributed by atoms with Crippen LogP contribution in [0.3, 0.4) is 0 Å². The molecule has 1 aliphatic heterocycles. The van der Waals surface area contributed by atoms with Gasteiger partial charge in [0, 0.05) is 19.6 Å². The molecule has 1 rings (SSSR count). The molecule has 1 fully saturated rings. The first kappa shape index (κ1) is 17.7. The van der Waals surface area contributed by atoms with E-state index in [1.807, 2.05) is 0 Å². The Balaban J connectivity index is 0.000000342. The number of aliphatic hydroxyl groups excluding tert-OH is 3. The fourth-order valence-electron chi connectivity index (χ4n) is 1.39. The summed E-state index contributed by atoms with van der Waals surface area (Å²) in [5.74, 6) is -1.000. The molecule has 7 heteroatoms. The summed E-state index contributed by atoms with van der Waals surface area (Å²) >= 11 is 0. The van der Waals surface area contributed by atoms with Gasteiger partial charge in [-0.3, -0.25) is 4.90 Å². The number of allylic oxidation sites excluding steroid dienone is 1. The van der Waals surface area contributed by atoms with Crippen LogP contribution in [0, 0.1) is 0 Å². The van der Waals surface area contributed by atoms with E-state index >= 15 is 0 Å². The Morgan fingerprint density at radius 1 is 0.947 bits per heavy atom. The summed E-state index contributed by atoms with van der Waals surface area (Å²) in [5, 5.41) is 25.5. The Labute approximate surface area is 112 Å². The first-order chi connectivity index (χ1) is 8.97. The molecular formula is C12H21NO6. The van der Waals surface area contributed by atoms with E-state index in [9.17, 15) is 9.59 Å². The highest BCUT2D eigenvalue weighted by molar-refractivity contribution is 6.27. The molecule has 0 unspecified atom stereocenters. The van der Waals surface area contributed by atoms with Gasteiger partial charge in [-0.05, 0) is 13.8 Å². The Morgan fingerprint density at radius 2 is 1.32 bits per heavy atom. The van der Waals surface area contributed by atoms with Crippen LogP contribution in [0.5, 0.6) is 0 Å². The number of ether oxygens (including phenoxy) is 1. The number of nitrogens with zero attached hydrogens (tertiary/aromatic N) is 1. The highest BCUT2D eigenvalue weighted by Gasteiger charge is 2.35. The molecule has 0 aromatic rings. The van der Waals surface area contributed by atoms with Gasteiger partial charge >= 0.3 is 11.9 Å². The molecule has 0 radical (unpaired) electrons. The fourth-order valence-corrected chi connectivity index (χ4v) is 1.39. The average Bonchev–Trinajstić information content (AvgIpc) is 2.29. The summed E-state index contributed by atoms with van der Waals surface area (Å²) in [6.45, 7) is 5.16. The van der Waals surface area contributed by atoms with Gasteiger partial charge in [0.2, 0.25) is 0 Å². The lowest BCUT2D eigenvalue weighted by Gasteiger charge is -2.17. The van der Waals surface area contributed by atoms with Crippen molar-refractivity contribution < 1.29 is 29.6 Å². The van der Waals surface area contributed by atoms with Gasteiger partial charge in [-0.2, -0.15) is 0 Å². The Bertz CT molecular complexity index is 305. The molecule has 0 spiro atoms. The van der Waals surface area contributed by atoms with Gasteiger partial charge < -0.3 is 20.1 Å². The van der Waals surface area contributed by atoms with E-state index in [4.69, 9.17) is 15.3 Å². The quantitative estimate of drug-likeness (QED) is 0.239. The minimum atomic E-state index is -0.500. The molecule has 3 N–H and O–H groups in total. The first-order valence-corrected chi connectivity index (χ1v) is 5.96. The zero-order valence-corrected chi connectivity index (χ0v) is 11.3. The van der Waals surface area contributed by atoms with Crippen molar-refractivity contribution in [3.63, 3.8) is 0 Å². The van der Waals surface area contributed by atoms with Crippen LogP contribution in [-0.2, 0) is 14.3 Å². The summed E-state index contributed by atoms with van der Waals surface area (Å²) < 4.78 is 4.08. The van der Waals surface area contributed by atoms with Crippen LogP contribution in [0.25, 0.3) is 0 Å². The van der Waals surface area contributed by atoms with Gasteiger partial charge in [0.25, 0.3) is 0 Å². The zero-order valence-electron chi connectivity index (χ0n) is 11.3. The van der Waals surface area contributed by atoms with Crippen LogP contribution in [0.2, 0.25) is 0 Å². The average molecular weight is 275 g/mol. The van der Waals surface area contributed by atoms with E-state index in [-0.39, 0.29) is 25.4 Å². The minimum Gasteiger partial charge on any atom is -0.395 e. The number of esters is 2. The van der Waals surface area contributed by atoms with Crippen LogP contribution in [-0.4, -0.2) is 71.6 Å². The van der Waals surface area contributed by atoms with Gasteiger partial charge in [0.1, 0.15) is 5.57 Å². The molecule has 0 aromatic carbocycles. The molecule has 19 heavy (non-hydrogen) atoms. The summed E-state index contributed by atoms with van der Waals surface area (Å²) in [6, 6.07) is 0. The largest absolute Gasteiger partial charge is 0.395 e. The predicted molar refractivity (Wildman–Crippen MR) is 67.2 cm³/mol. The predicted octanol–water partition coefficient (Wildman–Crippen LogP) is -1.33. The van der Waals surface area contributed by atoms with Crippen LogP contribution in [0.1, 0.15) is 13.8 Å². The van der Waals surface area contributed by atoms with Gasteiger partial charge in [-0.1, -0.05) is 5.57 Å². The third-order valence-electron chi connectivity index (χ3n) is 2.34. The maximum atomic E-state index is 10.4. The van der Waals surface area contributed by atoms with Crippen LogP contribution < -0.4 is 0 Å². The maximum absolute atomic E-state index is 10.4. The number of carbonyl (C=O) groups excluding carboxylic acids is 2. The van der Waals surface area contributed by atoms with Crippen LogP contribution in [0.15, 0.2) is 11.1 Å². The fraction of sp³-hybridized carbons (Fsp3) is 0.667. The molecule has 0 aromatic heterocycles. The Kier molecular flexibility index (Phi) is 8.98. The van der Waals surface area contributed by atoms with Crippen molar-refractivity contribution in [3.8, 4) is 0 Å². The second-order valence-electron chi connectivity index (χ2n) is 4.06. The highest BCUT2D eigenvalue weighted by Crippen LogP contribution is 2.16. The number of aliphatic hydroxyl groups is 3. The van der Waals surface area contributed by atoms with E-state index in [2.05, 4.69) is 4.74 Å². The first-order valence-electron chi connectivity index (χ1n) is 5.96. The monoisotopic (exact) mass is 275 g/mol. The number of hydrogen-bond donors (Lipinski definition) is 3. The van der Waals surface area contributed by atoms with Crippen LogP contribution >= 0.6 is 0 Å². The van der Waals surface area contributed by atoms with Gasteiger partial charge in [-0.15, -0.1) is 0 Å². The molecule has 0 amide bonds. The molecule has 7 nitrogen and oxygen atoms in total. The molecule has 0 aliphatic carbocycles. The summed E-state index contributed by atoms with van der Waals surface area (Å²) in [5.41, 5.74) is 0.922. The molecule has 110 valence electrons. The molecule has 0 atom stereocenters. The smallest absolute Gasteiger partial charge is 0.353 e. The molecule has 0 saturated carbocycles. The maximum Gasteiger partial charge on any atom is 0.353 e. The normalized spacial score (nSPS) is 13.7. The number of rotatable bonds is 6. The lowest BCUT2D eigenvalue weighted by atomic mass is 10.1. The molecule has 1 heterocycles. The Hall–Kier alpha value is -1.28. The SMILES string of the molecule is CC(C)=C1C(=O)OC1=O.OCCN(CCO)CCO. The van der Waals surface area contributed by atoms with Crippen molar-refractivity contribution in [1.29, 1.82) is 0 Å². The van der Waals surface area contributed by atoms with Gasteiger partial charge in [-0.25, -0.2) is 9.59 Å². The van der Waals surface area contributed by atoms with E-state index < -0.39 is 11.9 Å².